The monoisotopic (exact) mass is 281 g/mol. The number of ether oxygens (including phenoxy) is 1. The van der Waals surface area contributed by atoms with Crippen molar-refractivity contribution in [3.63, 3.8) is 0 Å². The van der Waals surface area contributed by atoms with Crippen LogP contribution in [0, 0.1) is 6.92 Å². The zero-order valence-electron chi connectivity index (χ0n) is 12.9. The first-order valence-corrected chi connectivity index (χ1v) is 7.77. The molecule has 2 aromatic rings. The Hall–Kier alpha value is -1.96. The third kappa shape index (κ3) is 3.05. The molecule has 1 aliphatic carbocycles. The van der Waals surface area contributed by atoms with Gasteiger partial charge in [-0.05, 0) is 55.0 Å². The maximum atomic E-state index is 5.52. The number of benzene rings is 2. The van der Waals surface area contributed by atoms with E-state index >= 15 is 0 Å². The minimum Gasteiger partial charge on any atom is -0.495 e. The van der Waals surface area contributed by atoms with Crippen molar-refractivity contribution in [1.82, 2.24) is 0 Å². The fraction of sp³-hybridized carbons (Fsp3) is 0.368. The van der Waals surface area contributed by atoms with Crippen LogP contribution in [0.4, 0.5) is 5.69 Å². The van der Waals surface area contributed by atoms with Crippen molar-refractivity contribution in [1.29, 1.82) is 0 Å². The predicted octanol–water partition coefficient (Wildman–Crippen LogP) is 4.88. The SMILES string of the molecule is COc1cc(C)ccc1NC1CCCCc2ccccc21. The van der Waals surface area contributed by atoms with Gasteiger partial charge in [0.25, 0.3) is 0 Å². The highest BCUT2D eigenvalue weighted by molar-refractivity contribution is 5.59. The van der Waals surface area contributed by atoms with Gasteiger partial charge < -0.3 is 10.1 Å². The molecule has 1 atom stereocenters. The van der Waals surface area contributed by atoms with E-state index in [1.54, 1.807) is 7.11 Å². The van der Waals surface area contributed by atoms with E-state index in [0.29, 0.717) is 6.04 Å². The third-order valence-electron chi connectivity index (χ3n) is 4.31. The summed E-state index contributed by atoms with van der Waals surface area (Å²) in [6, 6.07) is 15.5. The van der Waals surface area contributed by atoms with Gasteiger partial charge in [-0.15, -0.1) is 0 Å². The van der Waals surface area contributed by atoms with Gasteiger partial charge in [0.1, 0.15) is 5.75 Å². The number of fused-ring (bicyclic) bond motifs is 1. The minimum atomic E-state index is 0.375. The van der Waals surface area contributed by atoms with Crippen LogP contribution >= 0.6 is 0 Å². The zero-order chi connectivity index (χ0) is 14.7. The largest absolute Gasteiger partial charge is 0.495 e. The molecule has 110 valence electrons. The predicted molar refractivity (Wildman–Crippen MR) is 88.1 cm³/mol. The summed E-state index contributed by atoms with van der Waals surface area (Å²) in [6.07, 6.45) is 4.91. The average molecular weight is 281 g/mol. The first-order chi connectivity index (χ1) is 10.3. The van der Waals surface area contributed by atoms with E-state index in [1.807, 2.05) is 0 Å². The van der Waals surface area contributed by atoms with Gasteiger partial charge in [-0.1, -0.05) is 36.8 Å². The molecule has 0 aromatic heterocycles. The van der Waals surface area contributed by atoms with Crippen LogP contribution in [0.25, 0.3) is 0 Å². The molecule has 0 saturated heterocycles. The molecule has 0 amide bonds. The quantitative estimate of drug-likeness (QED) is 0.809. The molecular formula is C19H23NO. The lowest BCUT2D eigenvalue weighted by molar-refractivity contribution is 0.415. The Bertz CT molecular complexity index is 621. The zero-order valence-corrected chi connectivity index (χ0v) is 12.9. The Morgan fingerprint density at radius 1 is 1.10 bits per heavy atom. The number of aryl methyl sites for hydroxylation is 2. The summed E-state index contributed by atoms with van der Waals surface area (Å²) < 4.78 is 5.52. The van der Waals surface area contributed by atoms with Crippen molar-refractivity contribution in [2.75, 3.05) is 12.4 Å². The lowest BCUT2D eigenvalue weighted by atomic mass is 9.99. The molecule has 3 rings (SSSR count). The molecule has 1 aliphatic rings. The molecule has 0 radical (unpaired) electrons. The first-order valence-electron chi connectivity index (χ1n) is 7.77. The lowest BCUT2D eigenvalue weighted by Gasteiger charge is -2.22. The number of hydrogen-bond acceptors (Lipinski definition) is 2. The van der Waals surface area contributed by atoms with Gasteiger partial charge in [0.15, 0.2) is 0 Å². The average Bonchev–Trinajstić information content (AvgIpc) is 2.71. The summed E-state index contributed by atoms with van der Waals surface area (Å²) in [5.74, 6) is 0.928. The lowest BCUT2D eigenvalue weighted by Crippen LogP contribution is -2.12. The molecule has 0 heterocycles. The molecule has 2 aromatic carbocycles. The molecule has 1 N–H and O–H groups in total. The smallest absolute Gasteiger partial charge is 0.142 e. The second-order valence-corrected chi connectivity index (χ2v) is 5.85. The molecule has 0 aliphatic heterocycles. The van der Waals surface area contributed by atoms with Gasteiger partial charge in [0.05, 0.1) is 18.8 Å². The molecule has 0 bridgehead atoms. The fourth-order valence-corrected chi connectivity index (χ4v) is 3.18. The second kappa shape index (κ2) is 6.21. The minimum absolute atomic E-state index is 0.375. The van der Waals surface area contributed by atoms with Crippen LogP contribution < -0.4 is 10.1 Å². The van der Waals surface area contributed by atoms with Crippen molar-refractivity contribution >= 4 is 5.69 Å². The van der Waals surface area contributed by atoms with Crippen molar-refractivity contribution in [2.45, 2.75) is 38.6 Å². The van der Waals surface area contributed by atoms with Gasteiger partial charge in [0.2, 0.25) is 0 Å². The maximum absolute atomic E-state index is 5.52. The van der Waals surface area contributed by atoms with Gasteiger partial charge in [-0.25, -0.2) is 0 Å². The van der Waals surface area contributed by atoms with Crippen molar-refractivity contribution in [3.05, 3.63) is 59.2 Å². The number of methoxy groups -OCH3 is 1. The van der Waals surface area contributed by atoms with Crippen LogP contribution in [0.2, 0.25) is 0 Å². The number of rotatable bonds is 3. The van der Waals surface area contributed by atoms with Crippen molar-refractivity contribution in [3.8, 4) is 5.75 Å². The van der Waals surface area contributed by atoms with E-state index in [1.165, 1.54) is 42.4 Å². The molecule has 21 heavy (non-hydrogen) atoms. The van der Waals surface area contributed by atoms with E-state index < -0.39 is 0 Å². The standard InChI is InChI=1S/C19H23NO/c1-14-11-12-18(19(13-14)21-2)20-17-10-6-4-8-15-7-3-5-9-16(15)17/h3,5,7,9,11-13,17,20H,4,6,8,10H2,1-2H3. The molecule has 2 nitrogen and oxygen atoms in total. The van der Waals surface area contributed by atoms with Crippen LogP contribution in [-0.2, 0) is 6.42 Å². The van der Waals surface area contributed by atoms with Crippen LogP contribution in [-0.4, -0.2) is 7.11 Å². The normalized spacial score (nSPS) is 17.7. The highest BCUT2D eigenvalue weighted by Gasteiger charge is 2.19. The van der Waals surface area contributed by atoms with Gasteiger partial charge >= 0.3 is 0 Å². The molecular weight excluding hydrogens is 258 g/mol. The summed E-state index contributed by atoms with van der Waals surface area (Å²) in [5.41, 5.74) is 5.24. The highest BCUT2D eigenvalue weighted by atomic mass is 16.5. The summed E-state index contributed by atoms with van der Waals surface area (Å²) in [7, 11) is 1.74. The van der Waals surface area contributed by atoms with Crippen LogP contribution in [0.5, 0.6) is 5.75 Å². The van der Waals surface area contributed by atoms with E-state index in [0.717, 1.165) is 11.4 Å². The molecule has 0 fully saturated rings. The fourth-order valence-electron chi connectivity index (χ4n) is 3.18. The summed E-state index contributed by atoms with van der Waals surface area (Å²) >= 11 is 0. The molecule has 0 saturated carbocycles. The van der Waals surface area contributed by atoms with Crippen LogP contribution in [0.15, 0.2) is 42.5 Å². The topological polar surface area (TPSA) is 21.3 Å². The van der Waals surface area contributed by atoms with Crippen LogP contribution in [0.3, 0.4) is 0 Å². The summed E-state index contributed by atoms with van der Waals surface area (Å²) in [6.45, 7) is 2.09. The Kier molecular flexibility index (Phi) is 4.14. The molecule has 2 heteroatoms. The van der Waals surface area contributed by atoms with Gasteiger partial charge in [-0.2, -0.15) is 0 Å². The maximum Gasteiger partial charge on any atom is 0.142 e. The molecule has 1 unspecified atom stereocenters. The molecule has 0 spiro atoms. The van der Waals surface area contributed by atoms with Crippen molar-refractivity contribution < 1.29 is 4.74 Å². The van der Waals surface area contributed by atoms with E-state index in [2.05, 4.69) is 54.7 Å². The Morgan fingerprint density at radius 2 is 1.95 bits per heavy atom. The van der Waals surface area contributed by atoms with Gasteiger partial charge in [-0.3, -0.25) is 0 Å². The highest BCUT2D eigenvalue weighted by Crippen LogP contribution is 2.34. The third-order valence-corrected chi connectivity index (χ3v) is 4.31. The van der Waals surface area contributed by atoms with Gasteiger partial charge in [0, 0.05) is 0 Å². The Morgan fingerprint density at radius 3 is 2.81 bits per heavy atom. The number of nitrogens with one attached hydrogen (secondary N) is 1. The number of hydrogen-bond donors (Lipinski definition) is 1. The summed E-state index contributed by atoms with van der Waals surface area (Å²) in [4.78, 5) is 0. The second-order valence-electron chi connectivity index (χ2n) is 5.85. The Labute approximate surface area is 127 Å². The number of anilines is 1. The first kappa shape index (κ1) is 14.0. The van der Waals surface area contributed by atoms with E-state index in [-0.39, 0.29) is 0 Å². The van der Waals surface area contributed by atoms with Crippen molar-refractivity contribution in [2.24, 2.45) is 0 Å². The van der Waals surface area contributed by atoms with E-state index in [4.69, 9.17) is 4.74 Å². The van der Waals surface area contributed by atoms with Crippen LogP contribution in [0.1, 0.15) is 42.0 Å². The van der Waals surface area contributed by atoms with E-state index in [9.17, 15) is 0 Å². The Balaban J connectivity index is 1.91. The summed E-state index contributed by atoms with van der Waals surface area (Å²) in [5, 5.41) is 3.70.